The van der Waals surface area contributed by atoms with Crippen molar-refractivity contribution in [3.63, 3.8) is 0 Å². The van der Waals surface area contributed by atoms with Crippen molar-refractivity contribution in [3.8, 4) is 17.4 Å². The number of aromatic nitrogens is 1. The van der Waals surface area contributed by atoms with Gasteiger partial charge >= 0.3 is 6.36 Å². The first kappa shape index (κ1) is 21.5. The van der Waals surface area contributed by atoms with Gasteiger partial charge < -0.3 is 9.47 Å². The van der Waals surface area contributed by atoms with Crippen LogP contribution in [0.5, 0.6) is 17.4 Å². The number of alkyl halides is 3. The molecule has 3 aromatic rings. The number of sulfonamides is 1. The lowest BCUT2D eigenvalue weighted by Crippen LogP contribution is -2.25. The molecule has 0 aliphatic carbocycles. The second kappa shape index (κ2) is 8.67. The lowest BCUT2D eigenvalue weighted by molar-refractivity contribution is -0.275. The molecule has 0 bridgehead atoms. The van der Waals surface area contributed by atoms with Crippen molar-refractivity contribution in [3.05, 3.63) is 78.2 Å². The van der Waals surface area contributed by atoms with Crippen molar-refractivity contribution < 1.29 is 35.5 Å². The Balaban J connectivity index is 1.68. The summed E-state index contributed by atoms with van der Waals surface area (Å²) in [5, 5.41) is 0. The Bertz CT molecular complexity index is 1120. The first-order valence-corrected chi connectivity index (χ1v) is 9.83. The van der Waals surface area contributed by atoms with Gasteiger partial charge in [-0.3, -0.25) is 0 Å². The summed E-state index contributed by atoms with van der Waals surface area (Å²) in [4.78, 5) is 3.34. The standard InChI is InChI=1S/C19H14F4N2O4S/c20-14-4-3-5-15(10-14)28-18-9-8-13(11-24-18)12-25-30(26,27)17-7-2-1-6-16(17)29-19(21,22)23/h1-11,25H,12H2. The summed E-state index contributed by atoms with van der Waals surface area (Å²) in [6.45, 7) is -0.240. The van der Waals surface area contributed by atoms with Crippen molar-refractivity contribution in [2.45, 2.75) is 17.8 Å². The summed E-state index contributed by atoms with van der Waals surface area (Å²) in [5.74, 6) is -0.934. The van der Waals surface area contributed by atoms with E-state index in [1.807, 2.05) is 0 Å². The average Bonchev–Trinajstić information content (AvgIpc) is 2.67. The van der Waals surface area contributed by atoms with Crippen LogP contribution in [0, 0.1) is 5.82 Å². The quantitative estimate of drug-likeness (QED) is 0.549. The smallest absolute Gasteiger partial charge is 0.439 e. The van der Waals surface area contributed by atoms with Crippen LogP contribution in [-0.2, 0) is 16.6 Å². The molecule has 1 heterocycles. The lowest BCUT2D eigenvalue weighted by atomic mass is 10.3. The minimum atomic E-state index is -5.03. The SMILES string of the molecule is O=S(=O)(NCc1ccc(Oc2cccc(F)c2)nc1)c1ccccc1OC(F)(F)F. The van der Waals surface area contributed by atoms with Gasteiger partial charge in [-0.15, -0.1) is 13.2 Å². The lowest BCUT2D eigenvalue weighted by Gasteiger charge is -2.14. The second-order valence-corrected chi connectivity index (χ2v) is 7.62. The molecule has 1 N–H and O–H groups in total. The van der Waals surface area contributed by atoms with Crippen molar-refractivity contribution in [1.29, 1.82) is 0 Å². The van der Waals surface area contributed by atoms with Gasteiger partial charge in [-0.2, -0.15) is 0 Å². The van der Waals surface area contributed by atoms with E-state index in [1.54, 1.807) is 0 Å². The molecule has 0 amide bonds. The summed E-state index contributed by atoms with van der Waals surface area (Å²) in [5.41, 5.74) is 0.416. The molecule has 0 spiro atoms. The number of benzene rings is 2. The Kier molecular flexibility index (Phi) is 6.22. The molecule has 0 atom stereocenters. The van der Waals surface area contributed by atoms with E-state index in [0.29, 0.717) is 5.56 Å². The number of ether oxygens (including phenoxy) is 2. The van der Waals surface area contributed by atoms with Crippen LogP contribution in [0.1, 0.15) is 5.56 Å². The summed E-state index contributed by atoms with van der Waals surface area (Å²) in [7, 11) is -4.30. The Morgan fingerprint density at radius 2 is 1.77 bits per heavy atom. The third-order valence-corrected chi connectivity index (χ3v) is 5.09. The van der Waals surface area contributed by atoms with Crippen molar-refractivity contribution >= 4 is 10.0 Å². The molecule has 0 saturated carbocycles. The molecule has 6 nitrogen and oxygen atoms in total. The average molecular weight is 442 g/mol. The highest BCUT2D eigenvalue weighted by atomic mass is 32.2. The molecule has 0 saturated heterocycles. The maximum absolute atomic E-state index is 13.2. The van der Waals surface area contributed by atoms with Crippen LogP contribution in [0.25, 0.3) is 0 Å². The highest BCUT2D eigenvalue weighted by Crippen LogP contribution is 2.29. The molecular weight excluding hydrogens is 428 g/mol. The highest BCUT2D eigenvalue weighted by Gasteiger charge is 2.33. The summed E-state index contributed by atoms with van der Waals surface area (Å²) in [6.07, 6.45) is -3.72. The minimum absolute atomic E-state index is 0.149. The zero-order valence-corrected chi connectivity index (χ0v) is 15.9. The maximum atomic E-state index is 13.2. The predicted molar refractivity (Wildman–Crippen MR) is 97.9 cm³/mol. The number of pyridine rings is 1. The van der Waals surface area contributed by atoms with E-state index in [9.17, 15) is 26.0 Å². The number of nitrogens with one attached hydrogen (secondary N) is 1. The molecule has 0 aliphatic rings. The fourth-order valence-electron chi connectivity index (χ4n) is 2.36. The van der Waals surface area contributed by atoms with Gasteiger partial charge in [0, 0.05) is 24.9 Å². The third kappa shape index (κ3) is 5.91. The zero-order valence-electron chi connectivity index (χ0n) is 15.1. The Hall–Kier alpha value is -3.18. The van der Waals surface area contributed by atoms with Gasteiger partial charge in [-0.05, 0) is 29.8 Å². The second-order valence-electron chi connectivity index (χ2n) is 5.88. The third-order valence-electron chi connectivity index (χ3n) is 3.65. The summed E-state index contributed by atoms with van der Waals surface area (Å²) >= 11 is 0. The van der Waals surface area contributed by atoms with Crippen molar-refractivity contribution in [2.75, 3.05) is 0 Å². The van der Waals surface area contributed by atoms with E-state index in [4.69, 9.17) is 4.74 Å². The molecular formula is C19H14F4N2O4S. The largest absolute Gasteiger partial charge is 0.573 e. The summed E-state index contributed by atoms with van der Waals surface area (Å²) in [6, 6.07) is 12.8. The Labute approximate surface area is 169 Å². The fourth-order valence-corrected chi connectivity index (χ4v) is 3.51. The monoisotopic (exact) mass is 442 g/mol. The topological polar surface area (TPSA) is 77.5 Å². The van der Waals surface area contributed by atoms with Gasteiger partial charge in [-0.25, -0.2) is 22.5 Å². The molecule has 158 valence electrons. The molecule has 0 aliphatic heterocycles. The van der Waals surface area contributed by atoms with Crippen LogP contribution < -0.4 is 14.2 Å². The van der Waals surface area contributed by atoms with E-state index < -0.39 is 32.8 Å². The van der Waals surface area contributed by atoms with Gasteiger partial charge in [0.2, 0.25) is 15.9 Å². The molecule has 0 unspecified atom stereocenters. The predicted octanol–water partition coefficient (Wildman–Crippen LogP) is 4.39. The molecule has 0 radical (unpaired) electrons. The van der Waals surface area contributed by atoms with E-state index in [1.165, 1.54) is 54.7 Å². The van der Waals surface area contributed by atoms with Crippen molar-refractivity contribution in [2.24, 2.45) is 0 Å². The molecule has 30 heavy (non-hydrogen) atoms. The van der Waals surface area contributed by atoms with Crippen LogP contribution in [0.4, 0.5) is 17.6 Å². The number of hydrogen-bond acceptors (Lipinski definition) is 5. The van der Waals surface area contributed by atoms with E-state index in [-0.39, 0.29) is 18.2 Å². The number of nitrogens with zero attached hydrogens (tertiary/aromatic N) is 1. The maximum Gasteiger partial charge on any atom is 0.573 e. The van der Waals surface area contributed by atoms with Gasteiger partial charge in [0.15, 0.2) is 0 Å². The molecule has 11 heteroatoms. The molecule has 1 aromatic heterocycles. The zero-order chi connectivity index (χ0) is 21.8. The number of para-hydroxylation sites is 1. The molecule has 0 fully saturated rings. The van der Waals surface area contributed by atoms with E-state index in [2.05, 4.69) is 14.4 Å². The molecule has 3 rings (SSSR count). The summed E-state index contributed by atoms with van der Waals surface area (Å²) < 4.78 is 86.8. The van der Waals surface area contributed by atoms with Gasteiger partial charge in [0.25, 0.3) is 0 Å². The minimum Gasteiger partial charge on any atom is -0.439 e. The van der Waals surface area contributed by atoms with Crippen LogP contribution >= 0.6 is 0 Å². The number of halogens is 4. The van der Waals surface area contributed by atoms with Gasteiger partial charge in [0.05, 0.1) is 0 Å². The van der Waals surface area contributed by atoms with Crippen LogP contribution in [0.2, 0.25) is 0 Å². The van der Waals surface area contributed by atoms with E-state index >= 15 is 0 Å². The van der Waals surface area contributed by atoms with E-state index in [0.717, 1.165) is 12.1 Å². The van der Waals surface area contributed by atoms with Gasteiger partial charge in [-0.1, -0.05) is 24.3 Å². The van der Waals surface area contributed by atoms with Crippen LogP contribution in [0.3, 0.4) is 0 Å². The Morgan fingerprint density at radius 1 is 1.00 bits per heavy atom. The van der Waals surface area contributed by atoms with Crippen molar-refractivity contribution in [1.82, 2.24) is 9.71 Å². The highest BCUT2D eigenvalue weighted by molar-refractivity contribution is 7.89. The fraction of sp³-hybridized carbons (Fsp3) is 0.105. The van der Waals surface area contributed by atoms with Crippen LogP contribution in [-0.4, -0.2) is 19.8 Å². The first-order valence-electron chi connectivity index (χ1n) is 8.35. The molecule has 2 aromatic carbocycles. The van der Waals surface area contributed by atoms with Gasteiger partial charge in [0.1, 0.15) is 22.2 Å². The number of rotatable bonds is 7. The first-order chi connectivity index (χ1) is 14.1. The van der Waals surface area contributed by atoms with Crippen LogP contribution in [0.15, 0.2) is 71.8 Å². The number of hydrogen-bond donors (Lipinski definition) is 1. The normalized spacial score (nSPS) is 11.9. The Morgan fingerprint density at radius 3 is 2.43 bits per heavy atom.